The number of nitrogens with zero attached hydrogens (tertiary/aromatic N) is 1. The molecule has 0 saturated heterocycles. The third kappa shape index (κ3) is 4.45. The van der Waals surface area contributed by atoms with Gasteiger partial charge in [-0.25, -0.2) is 0 Å². The zero-order chi connectivity index (χ0) is 15.2. The van der Waals surface area contributed by atoms with E-state index >= 15 is 0 Å². The Morgan fingerprint density at radius 1 is 1.43 bits per heavy atom. The van der Waals surface area contributed by atoms with Crippen LogP contribution in [0.5, 0.6) is 0 Å². The second-order valence-electron chi connectivity index (χ2n) is 5.83. The Bertz CT molecular complexity index is 486. The molecule has 4 heteroatoms. The highest BCUT2D eigenvalue weighted by atomic mass is 35.5. The van der Waals surface area contributed by atoms with Crippen LogP contribution in [0.4, 0.5) is 0 Å². The van der Waals surface area contributed by atoms with Gasteiger partial charge in [-0.2, -0.15) is 0 Å². The van der Waals surface area contributed by atoms with Crippen LogP contribution in [0.2, 0.25) is 5.02 Å². The van der Waals surface area contributed by atoms with Gasteiger partial charge in [-0.1, -0.05) is 23.7 Å². The van der Waals surface area contributed by atoms with E-state index in [1.54, 1.807) is 0 Å². The Hall–Kier alpha value is -1.06. The first-order valence-electron chi connectivity index (χ1n) is 7.77. The Morgan fingerprint density at radius 2 is 2.19 bits per heavy atom. The second-order valence-corrected chi connectivity index (χ2v) is 6.24. The maximum atomic E-state index is 12.4. The molecule has 0 aliphatic heterocycles. The van der Waals surface area contributed by atoms with Gasteiger partial charge in [0.2, 0.25) is 5.91 Å². The van der Waals surface area contributed by atoms with E-state index in [0.717, 1.165) is 35.4 Å². The number of carbonyl (C=O) groups is 1. The summed E-state index contributed by atoms with van der Waals surface area (Å²) in [4.78, 5) is 14.4. The summed E-state index contributed by atoms with van der Waals surface area (Å²) < 4.78 is 0. The molecular weight excluding hydrogens is 286 g/mol. The van der Waals surface area contributed by atoms with Gasteiger partial charge in [0.25, 0.3) is 0 Å². The number of halogens is 1. The van der Waals surface area contributed by atoms with E-state index in [1.807, 2.05) is 30.0 Å². The first kappa shape index (κ1) is 16.3. The molecule has 1 fully saturated rings. The van der Waals surface area contributed by atoms with Gasteiger partial charge in [0.15, 0.2) is 0 Å². The van der Waals surface area contributed by atoms with Crippen molar-refractivity contribution in [1.82, 2.24) is 4.90 Å². The quantitative estimate of drug-likeness (QED) is 0.839. The summed E-state index contributed by atoms with van der Waals surface area (Å²) in [5.74, 6) is 0.199. The van der Waals surface area contributed by atoms with Crippen LogP contribution < -0.4 is 0 Å². The van der Waals surface area contributed by atoms with Crippen LogP contribution in [0, 0.1) is 6.92 Å². The third-order valence-corrected chi connectivity index (χ3v) is 4.66. The summed E-state index contributed by atoms with van der Waals surface area (Å²) in [5.41, 5.74) is 2.17. The topological polar surface area (TPSA) is 40.5 Å². The van der Waals surface area contributed by atoms with Crippen LogP contribution in [0.1, 0.15) is 43.2 Å². The van der Waals surface area contributed by atoms with Crippen LogP contribution in [-0.4, -0.2) is 35.1 Å². The molecule has 21 heavy (non-hydrogen) atoms. The molecule has 116 valence electrons. The van der Waals surface area contributed by atoms with Gasteiger partial charge in [0.05, 0.1) is 0 Å². The predicted octanol–water partition coefficient (Wildman–Crippen LogP) is 3.34. The maximum absolute atomic E-state index is 12.4. The third-order valence-electron chi connectivity index (χ3n) is 4.26. The molecular formula is C17H24ClNO2. The minimum absolute atomic E-state index is 0.143. The molecule has 0 heterocycles. The summed E-state index contributed by atoms with van der Waals surface area (Å²) in [5, 5.41) is 9.74. The minimum Gasteiger partial charge on any atom is -0.396 e. The maximum Gasteiger partial charge on any atom is 0.223 e. The molecule has 0 unspecified atom stereocenters. The standard InChI is InChI=1S/C17H24ClNO2/c1-13-6-7-14(12-16(13)18)8-9-17(21)19(10-3-11-20)15-4-2-5-15/h6-7,12,15,20H,2-5,8-11H2,1H3. The lowest BCUT2D eigenvalue weighted by atomic mass is 9.91. The number of carbonyl (C=O) groups excluding carboxylic acids is 1. The molecule has 1 amide bonds. The molecule has 1 aromatic carbocycles. The highest BCUT2D eigenvalue weighted by Crippen LogP contribution is 2.26. The lowest BCUT2D eigenvalue weighted by molar-refractivity contribution is -0.135. The van der Waals surface area contributed by atoms with Gasteiger partial charge in [-0.15, -0.1) is 0 Å². The smallest absolute Gasteiger partial charge is 0.223 e. The fourth-order valence-corrected chi connectivity index (χ4v) is 2.84. The van der Waals surface area contributed by atoms with E-state index in [-0.39, 0.29) is 12.5 Å². The molecule has 1 aliphatic carbocycles. The molecule has 3 nitrogen and oxygen atoms in total. The number of amides is 1. The van der Waals surface area contributed by atoms with Gasteiger partial charge in [0, 0.05) is 30.6 Å². The van der Waals surface area contributed by atoms with E-state index < -0.39 is 0 Å². The number of aryl methyl sites for hydroxylation is 2. The zero-order valence-corrected chi connectivity index (χ0v) is 13.4. The van der Waals surface area contributed by atoms with Crippen molar-refractivity contribution in [1.29, 1.82) is 0 Å². The van der Waals surface area contributed by atoms with Crippen molar-refractivity contribution in [3.8, 4) is 0 Å². The van der Waals surface area contributed by atoms with Gasteiger partial charge in [0.1, 0.15) is 0 Å². The monoisotopic (exact) mass is 309 g/mol. The Morgan fingerprint density at radius 3 is 2.76 bits per heavy atom. The summed E-state index contributed by atoms with van der Waals surface area (Å²) in [6.45, 7) is 2.79. The lowest BCUT2D eigenvalue weighted by Crippen LogP contribution is -2.45. The van der Waals surface area contributed by atoms with E-state index in [9.17, 15) is 4.79 Å². The molecule has 2 rings (SSSR count). The highest BCUT2D eigenvalue weighted by Gasteiger charge is 2.27. The fourth-order valence-electron chi connectivity index (χ4n) is 2.64. The molecule has 1 saturated carbocycles. The normalized spacial score (nSPS) is 14.8. The predicted molar refractivity (Wildman–Crippen MR) is 85.6 cm³/mol. The first-order valence-corrected chi connectivity index (χ1v) is 8.15. The minimum atomic E-state index is 0.143. The lowest BCUT2D eigenvalue weighted by Gasteiger charge is -2.37. The number of hydrogen-bond donors (Lipinski definition) is 1. The van der Waals surface area contributed by atoms with Crippen molar-refractivity contribution in [3.63, 3.8) is 0 Å². The van der Waals surface area contributed by atoms with Crippen LogP contribution in [0.3, 0.4) is 0 Å². The molecule has 1 aromatic rings. The zero-order valence-electron chi connectivity index (χ0n) is 12.6. The molecule has 1 N–H and O–H groups in total. The summed E-state index contributed by atoms with van der Waals surface area (Å²) >= 11 is 6.12. The SMILES string of the molecule is Cc1ccc(CCC(=O)N(CCCO)C2CCC2)cc1Cl. The summed E-state index contributed by atoms with van der Waals surface area (Å²) in [6.07, 6.45) is 5.32. The van der Waals surface area contributed by atoms with Crippen molar-refractivity contribution < 1.29 is 9.90 Å². The highest BCUT2D eigenvalue weighted by molar-refractivity contribution is 6.31. The molecule has 0 radical (unpaired) electrons. The van der Waals surface area contributed by atoms with Crippen molar-refractivity contribution in [2.24, 2.45) is 0 Å². The molecule has 0 bridgehead atoms. The second kappa shape index (κ2) is 7.81. The van der Waals surface area contributed by atoms with E-state index in [2.05, 4.69) is 0 Å². The Balaban J connectivity index is 1.89. The Labute approximate surface area is 131 Å². The first-order chi connectivity index (χ1) is 10.1. The van der Waals surface area contributed by atoms with E-state index in [4.69, 9.17) is 16.7 Å². The van der Waals surface area contributed by atoms with E-state index in [0.29, 0.717) is 25.4 Å². The average molecular weight is 310 g/mol. The molecule has 0 aromatic heterocycles. The van der Waals surface area contributed by atoms with Crippen LogP contribution in [0.15, 0.2) is 18.2 Å². The molecule has 1 aliphatic rings. The van der Waals surface area contributed by atoms with Gasteiger partial charge < -0.3 is 10.0 Å². The number of aliphatic hydroxyl groups excluding tert-OH is 1. The van der Waals surface area contributed by atoms with Crippen molar-refractivity contribution in [3.05, 3.63) is 34.3 Å². The number of benzene rings is 1. The molecule has 0 spiro atoms. The van der Waals surface area contributed by atoms with Crippen LogP contribution >= 0.6 is 11.6 Å². The number of rotatable bonds is 7. The van der Waals surface area contributed by atoms with Crippen LogP contribution in [0.25, 0.3) is 0 Å². The largest absolute Gasteiger partial charge is 0.396 e. The van der Waals surface area contributed by atoms with Gasteiger partial charge >= 0.3 is 0 Å². The number of aliphatic hydroxyl groups is 1. The van der Waals surface area contributed by atoms with Crippen LogP contribution in [-0.2, 0) is 11.2 Å². The fraction of sp³-hybridized carbons (Fsp3) is 0.588. The average Bonchev–Trinajstić information content (AvgIpc) is 2.42. The molecule has 0 atom stereocenters. The number of hydrogen-bond acceptors (Lipinski definition) is 2. The summed E-state index contributed by atoms with van der Waals surface area (Å²) in [6, 6.07) is 6.38. The van der Waals surface area contributed by atoms with Crippen molar-refractivity contribution >= 4 is 17.5 Å². The van der Waals surface area contributed by atoms with Crippen molar-refractivity contribution in [2.45, 2.75) is 51.5 Å². The Kier molecular flexibility index (Phi) is 6.07. The van der Waals surface area contributed by atoms with Gasteiger partial charge in [-0.05, 0) is 56.2 Å². The van der Waals surface area contributed by atoms with Crippen molar-refractivity contribution in [2.75, 3.05) is 13.2 Å². The summed E-state index contributed by atoms with van der Waals surface area (Å²) in [7, 11) is 0. The van der Waals surface area contributed by atoms with E-state index in [1.165, 1.54) is 6.42 Å². The van der Waals surface area contributed by atoms with Gasteiger partial charge in [-0.3, -0.25) is 4.79 Å².